The van der Waals surface area contributed by atoms with Crippen LogP contribution >= 0.6 is 11.8 Å². The maximum absolute atomic E-state index is 9.19. The monoisotopic (exact) mass is 284 g/mol. The lowest BCUT2D eigenvalue weighted by molar-refractivity contribution is 0.490. The van der Waals surface area contributed by atoms with E-state index in [0.29, 0.717) is 6.26 Å². The highest BCUT2D eigenvalue weighted by atomic mass is 32.2. The molecule has 3 nitrogen and oxygen atoms in total. The van der Waals surface area contributed by atoms with Gasteiger partial charge in [0.2, 0.25) is 0 Å². The van der Waals surface area contributed by atoms with Gasteiger partial charge in [-0.05, 0) is 36.1 Å². The van der Waals surface area contributed by atoms with Crippen LogP contribution in [0.5, 0.6) is 0 Å². The number of hydrogen-bond acceptors (Lipinski definition) is 3. The van der Waals surface area contributed by atoms with Gasteiger partial charge in [-0.15, -0.1) is 11.8 Å². The van der Waals surface area contributed by atoms with Crippen LogP contribution in [0.2, 0.25) is 0 Å². The van der Waals surface area contributed by atoms with Crippen LogP contribution in [0.25, 0.3) is 10.8 Å². The molecular formula is C13H16O3S2. The Bertz CT molecular complexity index is 626. The average molecular weight is 284 g/mol. The molecule has 0 aromatic heterocycles. The summed E-state index contributed by atoms with van der Waals surface area (Å²) in [5.74, 6) is 0. The molecule has 2 rings (SSSR count). The van der Waals surface area contributed by atoms with Crippen molar-refractivity contribution in [2.45, 2.75) is 11.8 Å². The molecule has 0 atom stereocenters. The topological polar surface area (TPSA) is 54.4 Å². The fourth-order valence-corrected chi connectivity index (χ4v) is 1.92. The number of thioether (sulfide) groups is 1. The Kier molecular flexibility index (Phi) is 5.19. The Morgan fingerprint density at radius 1 is 1.06 bits per heavy atom. The van der Waals surface area contributed by atoms with E-state index in [2.05, 4.69) is 49.6 Å². The van der Waals surface area contributed by atoms with Crippen LogP contribution in [0.1, 0.15) is 5.56 Å². The van der Waals surface area contributed by atoms with Crippen molar-refractivity contribution < 1.29 is 13.0 Å². The van der Waals surface area contributed by atoms with E-state index in [1.165, 1.54) is 21.2 Å². The maximum Gasteiger partial charge on any atom is 0.261 e. The second kappa shape index (κ2) is 6.22. The zero-order valence-corrected chi connectivity index (χ0v) is 12.2. The van der Waals surface area contributed by atoms with Crippen molar-refractivity contribution in [3.05, 3.63) is 42.0 Å². The summed E-state index contributed by atoms with van der Waals surface area (Å²) >= 11 is 1.79. The Balaban J connectivity index is 0.000000280. The molecule has 0 amide bonds. The largest absolute Gasteiger partial charge is 0.286 e. The van der Waals surface area contributed by atoms with Gasteiger partial charge in [0.1, 0.15) is 0 Å². The molecule has 0 saturated carbocycles. The van der Waals surface area contributed by atoms with Crippen molar-refractivity contribution in [2.24, 2.45) is 0 Å². The van der Waals surface area contributed by atoms with Gasteiger partial charge < -0.3 is 0 Å². The standard InChI is InChI=1S/C12H12S.CH4O3S/c1-9-3-4-11-8-12(13-2)6-5-10(11)7-9;1-5(2,3)4/h3-8H,1-2H3;1H3,(H,2,3,4). The van der Waals surface area contributed by atoms with E-state index >= 15 is 0 Å². The molecule has 5 heteroatoms. The van der Waals surface area contributed by atoms with Gasteiger partial charge in [-0.25, -0.2) is 0 Å². The van der Waals surface area contributed by atoms with Crippen LogP contribution in [-0.2, 0) is 10.1 Å². The van der Waals surface area contributed by atoms with Crippen molar-refractivity contribution in [1.29, 1.82) is 0 Å². The molecule has 1 N–H and O–H groups in total. The van der Waals surface area contributed by atoms with E-state index in [1.807, 2.05) is 0 Å². The number of benzene rings is 2. The number of fused-ring (bicyclic) bond motifs is 1. The number of rotatable bonds is 1. The van der Waals surface area contributed by atoms with Gasteiger partial charge in [-0.3, -0.25) is 4.55 Å². The minimum absolute atomic E-state index is 0.715. The lowest BCUT2D eigenvalue weighted by Gasteiger charge is -2.01. The summed E-state index contributed by atoms with van der Waals surface area (Å²) in [6.07, 6.45) is 2.82. The molecular weight excluding hydrogens is 268 g/mol. The Morgan fingerprint density at radius 3 is 2.11 bits per heavy atom. The predicted octanol–water partition coefficient (Wildman–Crippen LogP) is 3.37. The molecule has 0 aliphatic heterocycles. The molecule has 0 bridgehead atoms. The van der Waals surface area contributed by atoms with Crippen molar-refractivity contribution in [3.8, 4) is 0 Å². The molecule has 2 aromatic rings. The first-order chi connectivity index (χ1) is 8.29. The summed E-state index contributed by atoms with van der Waals surface area (Å²) < 4.78 is 25.9. The summed E-state index contributed by atoms with van der Waals surface area (Å²) in [7, 11) is -3.67. The van der Waals surface area contributed by atoms with E-state index in [1.54, 1.807) is 11.8 Å². The predicted molar refractivity (Wildman–Crippen MR) is 77.9 cm³/mol. The third-order valence-corrected chi connectivity index (χ3v) is 2.93. The Hall–Kier alpha value is -1.04. The number of hydrogen-bond donors (Lipinski definition) is 1. The third kappa shape index (κ3) is 5.53. The highest BCUT2D eigenvalue weighted by Crippen LogP contribution is 2.22. The van der Waals surface area contributed by atoms with E-state index in [0.717, 1.165) is 0 Å². The van der Waals surface area contributed by atoms with E-state index < -0.39 is 10.1 Å². The van der Waals surface area contributed by atoms with E-state index in [9.17, 15) is 8.42 Å². The van der Waals surface area contributed by atoms with Crippen LogP contribution in [0.4, 0.5) is 0 Å². The summed E-state index contributed by atoms with van der Waals surface area (Å²) in [6.45, 7) is 2.13. The lowest BCUT2D eigenvalue weighted by Crippen LogP contribution is -1.88. The van der Waals surface area contributed by atoms with Crippen molar-refractivity contribution in [1.82, 2.24) is 0 Å². The molecule has 0 heterocycles. The number of aryl methyl sites for hydroxylation is 1. The first kappa shape index (κ1) is 15.0. The summed E-state index contributed by atoms with van der Waals surface area (Å²) in [6, 6.07) is 13.2. The Morgan fingerprint density at radius 2 is 1.56 bits per heavy atom. The zero-order valence-electron chi connectivity index (χ0n) is 10.5. The third-order valence-electron chi connectivity index (χ3n) is 2.20. The van der Waals surface area contributed by atoms with Gasteiger partial charge in [0.05, 0.1) is 6.26 Å². The van der Waals surface area contributed by atoms with E-state index in [-0.39, 0.29) is 0 Å². The highest BCUT2D eigenvalue weighted by molar-refractivity contribution is 7.98. The van der Waals surface area contributed by atoms with Crippen LogP contribution in [0.3, 0.4) is 0 Å². The average Bonchev–Trinajstić information content (AvgIpc) is 2.26. The fourth-order valence-electron chi connectivity index (χ4n) is 1.47. The van der Waals surface area contributed by atoms with Crippen molar-refractivity contribution >= 4 is 32.7 Å². The normalized spacial score (nSPS) is 10.9. The molecule has 0 saturated heterocycles. The van der Waals surface area contributed by atoms with Crippen LogP contribution in [-0.4, -0.2) is 25.5 Å². The molecule has 0 unspecified atom stereocenters. The van der Waals surface area contributed by atoms with Gasteiger partial charge >= 0.3 is 0 Å². The molecule has 18 heavy (non-hydrogen) atoms. The molecule has 0 spiro atoms. The molecule has 0 aliphatic rings. The zero-order chi connectivity index (χ0) is 13.8. The smallest absolute Gasteiger partial charge is 0.261 e. The maximum atomic E-state index is 9.19. The van der Waals surface area contributed by atoms with Crippen molar-refractivity contribution in [2.75, 3.05) is 12.5 Å². The SMILES string of the molecule is CS(=O)(=O)O.CSc1ccc2cc(C)ccc2c1. The molecule has 0 aliphatic carbocycles. The first-order valence-corrected chi connectivity index (χ1v) is 8.34. The second-order valence-corrected chi connectivity index (χ2v) is 6.30. The second-order valence-electron chi connectivity index (χ2n) is 3.95. The van der Waals surface area contributed by atoms with Crippen LogP contribution < -0.4 is 0 Å². The van der Waals surface area contributed by atoms with Gasteiger partial charge in [0, 0.05) is 4.90 Å². The van der Waals surface area contributed by atoms with Crippen molar-refractivity contribution in [3.63, 3.8) is 0 Å². The van der Waals surface area contributed by atoms with Gasteiger partial charge in [-0.2, -0.15) is 8.42 Å². The fraction of sp³-hybridized carbons (Fsp3) is 0.231. The lowest BCUT2D eigenvalue weighted by atomic mass is 10.1. The quantitative estimate of drug-likeness (QED) is 0.644. The molecule has 2 aromatic carbocycles. The summed E-state index contributed by atoms with van der Waals surface area (Å²) in [5.41, 5.74) is 1.32. The Labute approximate surface area is 112 Å². The molecule has 0 radical (unpaired) electrons. The summed E-state index contributed by atoms with van der Waals surface area (Å²) in [4.78, 5) is 1.33. The summed E-state index contributed by atoms with van der Waals surface area (Å²) in [5, 5.41) is 2.66. The van der Waals surface area contributed by atoms with Gasteiger partial charge in [0.25, 0.3) is 10.1 Å². The van der Waals surface area contributed by atoms with Crippen LogP contribution in [0, 0.1) is 6.92 Å². The molecule has 98 valence electrons. The highest BCUT2D eigenvalue weighted by Gasteiger charge is 1.95. The minimum atomic E-state index is -3.67. The minimum Gasteiger partial charge on any atom is -0.286 e. The van der Waals surface area contributed by atoms with Gasteiger partial charge in [0.15, 0.2) is 0 Å². The van der Waals surface area contributed by atoms with Gasteiger partial charge in [-0.1, -0.05) is 29.8 Å². The van der Waals surface area contributed by atoms with E-state index in [4.69, 9.17) is 4.55 Å². The first-order valence-electron chi connectivity index (χ1n) is 5.26. The van der Waals surface area contributed by atoms with Crippen LogP contribution in [0.15, 0.2) is 41.3 Å². The molecule has 0 fully saturated rings.